The lowest BCUT2D eigenvalue weighted by Crippen LogP contribution is -2.08. The van der Waals surface area contributed by atoms with Crippen LogP contribution in [-0.4, -0.2) is 14.6 Å². The Morgan fingerprint density at radius 2 is 2.18 bits per heavy atom. The summed E-state index contributed by atoms with van der Waals surface area (Å²) in [4.78, 5) is 0.704. The van der Waals surface area contributed by atoms with Crippen LogP contribution in [-0.2, 0) is 19.4 Å². The highest BCUT2D eigenvalue weighted by molar-refractivity contribution is 9.09. The third-order valence-corrected chi connectivity index (χ3v) is 4.92. The standard InChI is InChI=1S/C13H20BrClN2/c1-3-11-13(15)12(17(4-2)16-11)8-9-5-6-10(14)7-9/h9-10H,3-8H2,1-2H3. The number of aromatic nitrogens is 2. The zero-order valence-corrected chi connectivity index (χ0v) is 12.9. The molecule has 1 aromatic rings. The Morgan fingerprint density at radius 3 is 2.71 bits per heavy atom. The summed E-state index contributed by atoms with van der Waals surface area (Å²) in [6, 6.07) is 0. The van der Waals surface area contributed by atoms with Crippen molar-refractivity contribution in [2.24, 2.45) is 5.92 Å². The highest BCUT2D eigenvalue weighted by Crippen LogP contribution is 2.35. The molecule has 17 heavy (non-hydrogen) atoms. The molecule has 2 atom stereocenters. The van der Waals surface area contributed by atoms with E-state index in [-0.39, 0.29) is 0 Å². The van der Waals surface area contributed by atoms with Crippen LogP contribution in [0.1, 0.15) is 44.5 Å². The second-order valence-corrected chi connectivity index (χ2v) is 6.53. The minimum absolute atomic E-state index is 0.704. The Bertz CT molecular complexity index is 389. The molecule has 0 saturated heterocycles. The van der Waals surface area contributed by atoms with Crippen molar-refractivity contribution >= 4 is 27.5 Å². The van der Waals surface area contributed by atoms with Crippen LogP contribution in [0.4, 0.5) is 0 Å². The number of alkyl halides is 1. The summed E-state index contributed by atoms with van der Waals surface area (Å²) in [5, 5.41) is 5.49. The van der Waals surface area contributed by atoms with Gasteiger partial charge in [0.25, 0.3) is 0 Å². The molecule has 2 rings (SSSR count). The van der Waals surface area contributed by atoms with Crippen molar-refractivity contribution in [2.75, 3.05) is 0 Å². The molecule has 0 aliphatic heterocycles. The van der Waals surface area contributed by atoms with Crippen molar-refractivity contribution in [1.82, 2.24) is 9.78 Å². The molecule has 1 aliphatic rings. The van der Waals surface area contributed by atoms with Gasteiger partial charge in [0.15, 0.2) is 0 Å². The van der Waals surface area contributed by atoms with Crippen LogP contribution >= 0.6 is 27.5 Å². The monoisotopic (exact) mass is 318 g/mol. The summed E-state index contributed by atoms with van der Waals surface area (Å²) >= 11 is 10.1. The fourth-order valence-corrected chi connectivity index (χ4v) is 3.82. The van der Waals surface area contributed by atoms with Crippen molar-refractivity contribution in [3.05, 3.63) is 16.4 Å². The predicted octanol–water partition coefficient (Wildman–Crippen LogP) is 4.22. The molecule has 2 nitrogen and oxygen atoms in total. The van der Waals surface area contributed by atoms with Crippen LogP contribution in [0.5, 0.6) is 0 Å². The van der Waals surface area contributed by atoms with Gasteiger partial charge in [-0.25, -0.2) is 0 Å². The predicted molar refractivity (Wildman–Crippen MR) is 76.0 cm³/mol. The van der Waals surface area contributed by atoms with E-state index < -0.39 is 0 Å². The second kappa shape index (κ2) is 5.75. The summed E-state index contributed by atoms with van der Waals surface area (Å²) in [6.07, 6.45) is 5.88. The maximum absolute atomic E-state index is 6.43. The SMILES string of the molecule is CCc1nn(CC)c(CC2CCC(Br)C2)c1Cl. The lowest BCUT2D eigenvalue weighted by molar-refractivity contribution is 0.508. The van der Waals surface area contributed by atoms with Gasteiger partial charge in [-0.15, -0.1) is 0 Å². The summed E-state index contributed by atoms with van der Waals surface area (Å²) in [6.45, 7) is 5.16. The minimum atomic E-state index is 0.704. The third kappa shape index (κ3) is 2.87. The van der Waals surface area contributed by atoms with Crippen LogP contribution in [0.2, 0.25) is 5.02 Å². The van der Waals surface area contributed by atoms with Crippen molar-refractivity contribution in [3.63, 3.8) is 0 Å². The smallest absolute Gasteiger partial charge is 0.0849 e. The molecule has 0 amide bonds. The first kappa shape index (κ1) is 13.4. The zero-order valence-electron chi connectivity index (χ0n) is 10.5. The molecule has 1 heterocycles. The number of nitrogens with zero attached hydrogens (tertiary/aromatic N) is 2. The molecule has 0 aromatic carbocycles. The molecular weight excluding hydrogens is 300 g/mol. The largest absolute Gasteiger partial charge is 0.268 e. The number of rotatable bonds is 4. The molecule has 0 bridgehead atoms. The molecule has 0 N–H and O–H groups in total. The van der Waals surface area contributed by atoms with Crippen molar-refractivity contribution in [3.8, 4) is 0 Å². The molecule has 0 radical (unpaired) electrons. The highest BCUT2D eigenvalue weighted by Gasteiger charge is 2.25. The molecule has 4 heteroatoms. The number of hydrogen-bond donors (Lipinski definition) is 0. The van der Waals surface area contributed by atoms with Crippen LogP contribution in [0.25, 0.3) is 0 Å². The van der Waals surface area contributed by atoms with Gasteiger partial charge in [0, 0.05) is 11.4 Å². The maximum atomic E-state index is 6.43. The molecule has 0 spiro atoms. The van der Waals surface area contributed by atoms with E-state index in [0.29, 0.717) is 4.83 Å². The molecule has 1 aliphatic carbocycles. The number of aryl methyl sites for hydroxylation is 2. The van der Waals surface area contributed by atoms with E-state index in [2.05, 4.69) is 39.6 Å². The van der Waals surface area contributed by atoms with Crippen LogP contribution in [0.3, 0.4) is 0 Å². The van der Waals surface area contributed by atoms with Gasteiger partial charge in [-0.3, -0.25) is 4.68 Å². The topological polar surface area (TPSA) is 17.8 Å². The van der Waals surface area contributed by atoms with E-state index in [1.54, 1.807) is 0 Å². The van der Waals surface area contributed by atoms with E-state index in [0.717, 1.165) is 36.0 Å². The van der Waals surface area contributed by atoms with E-state index >= 15 is 0 Å². The van der Waals surface area contributed by atoms with E-state index in [1.165, 1.54) is 25.0 Å². The zero-order chi connectivity index (χ0) is 12.4. The average molecular weight is 320 g/mol. The normalized spacial score (nSPS) is 24.5. The number of halogens is 2. The van der Waals surface area contributed by atoms with Gasteiger partial charge in [-0.05, 0) is 44.9 Å². The van der Waals surface area contributed by atoms with Crippen LogP contribution in [0, 0.1) is 5.92 Å². The summed E-state index contributed by atoms with van der Waals surface area (Å²) in [5.41, 5.74) is 2.30. The van der Waals surface area contributed by atoms with Gasteiger partial charge >= 0.3 is 0 Å². The van der Waals surface area contributed by atoms with Gasteiger partial charge < -0.3 is 0 Å². The van der Waals surface area contributed by atoms with Gasteiger partial charge in [-0.1, -0.05) is 34.5 Å². The van der Waals surface area contributed by atoms with E-state index in [1.807, 2.05) is 0 Å². The Balaban J connectivity index is 2.16. The molecular formula is C13H20BrClN2. The fourth-order valence-electron chi connectivity index (χ4n) is 2.69. The van der Waals surface area contributed by atoms with Crippen molar-refractivity contribution in [2.45, 2.75) is 57.3 Å². The maximum Gasteiger partial charge on any atom is 0.0849 e. The van der Waals surface area contributed by atoms with E-state index in [9.17, 15) is 0 Å². The first-order valence-corrected chi connectivity index (χ1v) is 7.83. The average Bonchev–Trinajstić information content (AvgIpc) is 2.85. The highest BCUT2D eigenvalue weighted by atomic mass is 79.9. The Hall–Kier alpha value is -0.0200. The van der Waals surface area contributed by atoms with Crippen molar-refractivity contribution < 1.29 is 0 Å². The molecule has 1 saturated carbocycles. The van der Waals surface area contributed by atoms with E-state index in [4.69, 9.17) is 11.6 Å². The summed E-state index contributed by atoms with van der Waals surface area (Å²) in [5.74, 6) is 0.767. The Kier molecular flexibility index (Phi) is 4.53. The lowest BCUT2D eigenvalue weighted by Gasteiger charge is -2.11. The quantitative estimate of drug-likeness (QED) is 0.760. The first-order valence-electron chi connectivity index (χ1n) is 6.53. The van der Waals surface area contributed by atoms with Gasteiger partial charge in [0.2, 0.25) is 0 Å². The Labute approximate surface area is 117 Å². The first-order chi connectivity index (χ1) is 8.15. The molecule has 1 fully saturated rings. The third-order valence-electron chi connectivity index (χ3n) is 3.65. The Morgan fingerprint density at radius 1 is 1.41 bits per heavy atom. The molecule has 2 unspecified atom stereocenters. The minimum Gasteiger partial charge on any atom is -0.268 e. The molecule has 96 valence electrons. The fraction of sp³-hybridized carbons (Fsp3) is 0.769. The summed E-state index contributed by atoms with van der Waals surface area (Å²) < 4.78 is 2.09. The van der Waals surface area contributed by atoms with Gasteiger partial charge in [0.05, 0.1) is 16.4 Å². The lowest BCUT2D eigenvalue weighted by atomic mass is 10.0. The summed E-state index contributed by atoms with van der Waals surface area (Å²) in [7, 11) is 0. The van der Waals surface area contributed by atoms with Gasteiger partial charge in [0.1, 0.15) is 0 Å². The second-order valence-electron chi connectivity index (χ2n) is 4.86. The van der Waals surface area contributed by atoms with Crippen LogP contribution in [0.15, 0.2) is 0 Å². The van der Waals surface area contributed by atoms with Crippen molar-refractivity contribution in [1.29, 1.82) is 0 Å². The van der Waals surface area contributed by atoms with Crippen LogP contribution < -0.4 is 0 Å². The molecule has 1 aromatic heterocycles. The number of hydrogen-bond acceptors (Lipinski definition) is 1. The van der Waals surface area contributed by atoms with Gasteiger partial charge in [-0.2, -0.15) is 5.10 Å².